The molecule has 138 valence electrons. The van der Waals surface area contributed by atoms with Crippen molar-refractivity contribution in [1.29, 1.82) is 0 Å². The summed E-state index contributed by atoms with van der Waals surface area (Å²) in [6.45, 7) is 9.14. The van der Waals surface area contributed by atoms with Crippen molar-refractivity contribution in [2.45, 2.75) is 26.7 Å². The Labute approximate surface area is 150 Å². The van der Waals surface area contributed by atoms with Gasteiger partial charge in [-0.3, -0.25) is 4.79 Å². The molecule has 0 radical (unpaired) electrons. The van der Waals surface area contributed by atoms with E-state index in [0.29, 0.717) is 32.5 Å². The summed E-state index contributed by atoms with van der Waals surface area (Å²) in [5.41, 5.74) is 1.22. The first-order chi connectivity index (χ1) is 12.2. The number of amides is 3. The second kappa shape index (κ2) is 9.91. The third kappa shape index (κ3) is 5.66. The summed E-state index contributed by atoms with van der Waals surface area (Å²) in [6.07, 6.45) is 1.18. The number of hydrogen-bond acceptors (Lipinski definition) is 3. The topological polar surface area (TPSA) is 55.9 Å². The molecule has 0 unspecified atom stereocenters. The molecule has 6 nitrogen and oxygen atoms in total. The van der Waals surface area contributed by atoms with Gasteiger partial charge < -0.3 is 20.0 Å². The van der Waals surface area contributed by atoms with E-state index in [9.17, 15) is 9.59 Å². The van der Waals surface area contributed by atoms with Crippen LogP contribution in [0, 0.1) is 0 Å². The Morgan fingerprint density at radius 2 is 1.68 bits per heavy atom. The molecule has 0 spiro atoms. The summed E-state index contributed by atoms with van der Waals surface area (Å²) in [4.78, 5) is 30.1. The Balaban J connectivity index is 1.65. The molecule has 0 atom stereocenters. The molecule has 3 amide bonds. The van der Waals surface area contributed by atoms with Crippen LogP contribution in [-0.2, 0) is 4.79 Å². The minimum Gasteiger partial charge on any atom is -0.368 e. The van der Waals surface area contributed by atoms with E-state index in [2.05, 4.69) is 22.3 Å². The Bertz CT molecular complexity index is 538. The highest BCUT2D eigenvalue weighted by Crippen LogP contribution is 2.16. The fraction of sp³-hybridized carbons (Fsp3) is 0.579. The summed E-state index contributed by atoms with van der Waals surface area (Å²) in [5, 5.41) is 2.88. The lowest BCUT2D eigenvalue weighted by Crippen LogP contribution is -2.48. The molecular formula is C19H30N4O2. The van der Waals surface area contributed by atoms with Crippen molar-refractivity contribution in [3.8, 4) is 0 Å². The van der Waals surface area contributed by atoms with Crippen molar-refractivity contribution in [2.75, 3.05) is 50.7 Å². The van der Waals surface area contributed by atoms with Crippen molar-refractivity contribution in [2.24, 2.45) is 0 Å². The monoisotopic (exact) mass is 346 g/mol. The number of rotatable bonds is 7. The lowest BCUT2D eigenvalue weighted by Gasteiger charge is -2.36. The van der Waals surface area contributed by atoms with E-state index in [1.807, 2.05) is 36.9 Å². The van der Waals surface area contributed by atoms with E-state index in [-0.39, 0.29) is 11.9 Å². The molecule has 0 saturated carbocycles. The van der Waals surface area contributed by atoms with Crippen LogP contribution in [0.3, 0.4) is 0 Å². The summed E-state index contributed by atoms with van der Waals surface area (Å²) >= 11 is 0. The maximum atomic E-state index is 12.3. The highest BCUT2D eigenvalue weighted by Gasteiger charge is 2.20. The molecule has 2 rings (SSSR count). The van der Waals surface area contributed by atoms with Crippen LogP contribution in [0.5, 0.6) is 0 Å². The van der Waals surface area contributed by atoms with Gasteiger partial charge in [0.1, 0.15) is 0 Å². The Hall–Kier alpha value is -2.24. The average Bonchev–Trinajstić information content (AvgIpc) is 2.67. The van der Waals surface area contributed by atoms with E-state index in [0.717, 1.165) is 26.2 Å². The lowest BCUT2D eigenvalue weighted by atomic mass is 10.2. The molecule has 1 N–H and O–H groups in total. The van der Waals surface area contributed by atoms with Gasteiger partial charge in [-0.05, 0) is 32.4 Å². The third-order valence-corrected chi connectivity index (χ3v) is 4.65. The van der Waals surface area contributed by atoms with Crippen molar-refractivity contribution >= 4 is 17.6 Å². The van der Waals surface area contributed by atoms with Gasteiger partial charge in [-0.1, -0.05) is 18.2 Å². The van der Waals surface area contributed by atoms with E-state index < -0.39 is 0 Å². The van der Waals surface area contributed by atoms with Crippen LogP contribution in [0.2, 0.25) is 0 Å². The van der Waals surface area contributed by atoms with E-state index in [1.165, 1.54) is 5.69 Å². The van der Waals surface area contributed by atoms with Crippen molar-refractivity contribution in [3.05, 3.63) is 30.3 Å². The number of para-hydroxylation sites is 1. The lowest BCUT2D eigenvalue weighted by molar-refractivity contribution is -0.131. The largest absolute Gasteiger partial charge is 0.368 e. The molecule has 0 aliphatic carbocycles. The molecule has 1 saturated heterocycles. The summed E-state index contributed by atoms with van der Waals surface area (Å²) in [7, 11) is 0. The van der Waals surface area contributed by atoms with Crippen LogP contribution in [0.25, 0.3) is 0 Å². The van der Waals surface area contributed by atoms with Crippen molar-refractivity contribution < 1.29 is 9.59 Å². The molecule has 1 fully saturated rings. The van der Waals surface area contributed by atoms with E-state index in [1.54, 1.807) is 4.90 Å². The molecule has 1 aliphatic rings. The number of nitrogens with zero attached hydrogens (tertiary/aromatic N) is 3. The molecule has 0 aromatic heterocycles. The van der Waals surface area contributed by atoms with Crippen LogP contribution < -0.4 is 10.2 Å². The Morgan fingerprint density at radius 3 is 2.28 bits per heavy atom. The van der Waals surface area contributed by atoms with Crippen LogP contribution in [0.4, 0.5) is 10.5 Å². The van der Waals surface area contributed by atoms with Gasteiger partial charge in [-0.25, -0.2) is 4.79 Å². The second-order valence-electron chi connectivity index (χ2n) is 6.21. The number of nitrogens with one attached hydrogen (secondary N) is 1. The first-order valence-electron chi connectivity index (χ1n) is 9.26. The quantitative estimate of drug-likeness (QED) is 0.770. The molecular weight excluding hydrogens is 316 g/mol. The summed E-state index contributed by atoms with van der Waals surface area (Å²) in [5.74, 6) is 0.185. The molecule has 25 heavy (non-hydrogen) atoms. The van der Waals surface area contributed by atoms with Crippen molar-refractivity contribution in [1.82, 2.24) is 15.1 Å². The number of piperazine rings is 1. The Kier molecular flexibility index (Phi) is 7.57. The average molecular weight is 346 g/mol. The summed E-state index contributed by atoms with van der Waals surface area (Å²) < 4.78 is 0. The number of carbonyl (C=O) groups is 2. The number of anilines is 1. The van der Waals surface area contributed by atoms with Gasteiger partial charge in [0.15, 0.2) is 0 Å². The zero-order valence-electron chi connectivity index (χ0n) is 15.4. The van der Waals surface area contributed by atoms with E-state index in [4.69, 9.17) is 0 Å². The highest BCUT2D eigenvalue weighted by molar-refractivity contribution is 5.77. The first-order valence-corrected chi connectivity index (χ1v) is 9.26. The standard InChI is InChI=1S/C19H30N4O2/c1-3-21(4-2)19(25)20-12-8-11-18(24)23-15-13-22(14-16-23)17-9-6-5-7-10-17/h5-7,9-10H,3-4,8,11-16H2,1-2H3,(H,20,25). The molecule has 0 bridgehead atoms. The molecule has 6 heteroatoms. The minimum absolute atomic E-state index is 0.0473. The SMILES string of the molecule is CCN(CC)C(=O)NCCCC(=O)N1CCN(c2ccccc2)CC1. The number of benzene rings is 1. The minimum atomic E-state index is -0.0473. The van der Waals surface area contributed by atoms with Crippen molar-refractivity contribution in [3.63, 3.8) is 0 Å². The van der Waals surface area contributed by atoms with E-state index >= 15 is 0 Å². The molecule has 1 aromatic rings. The maximum absolute atomic E-state index is 12.3. The molecule has 1 aromatic carbocycles. The fourth-order valence-corrected chi connectivity index (χ4v) is 3.07. The first kappa shape index (κ1) is 19.1. The molecule has 1 aliphatic heterocycles. The zero-order valence-corrected chi connectivity index (χ0v) is 15.4. The predicted octanol–water partition coefficient (Wildman–Crippen LogP) is 2.17. The van der Waals surface area contributed by atoms with Gasteiger partial charge in [0.05, 0.1) is 0 Å². The number of hydrogen-bond donors (Lipinski definition) is 1. The second-order valence-corrected chi connectivity index (χ2v) is 6.21. The fourth-order valence-electron chi connectivity index (χ4n) is 3.07. The smallest absolute Gasteiger partial charge is 0.317 e. The zero-order chi connectivity index (χ0) is 18.1. The number of urea groups is 1. The maximum Gasteiger partial charge on any atom is 0.317 e. The predicted molar refractivity (Wildman–Crippen MR) is 101 cm³/mol. The number of carbonyl (C=O) groups excluding carboxylic acids is 2. The van der Waals surface area contributed by atoms with Crippen LogP contribution >= 0.6 is 0 Å². The third-order valence-electron chi connectivity index (χ3n) is 4.65. The van der Waals surface area contributed by atoms with Gasteiger partial charge in [-0.2, -0.15) is 0 Å². The summed E-state index contributed by atoms with van der Waals surface area (Å²) in [6, 6.07) is 10.3. The Morgan fingerprint density at radius 1 is 1.04 bits per heavy atom. The van der Waals surface area contributed by atoms with Crippen LogP contribution in [0.1, 0.15) is 26.7 Å². The van der Waals surface area contributed by atoms with Gasteiger partial charge in [0.25, 0.3) is 0 Å². The molecule has 1 heterocycles. The normalized spacial score (nSPS) is 14.3. The van der Waals surface area contributed by atoms with Gasteiger partial charge in [0.2, 0.25) is 5.91 Å². The highest BCUT2D eigenvalue weighted by atomic mass is 16.2. The van der Waals surface area contributed by atoms with Gasteiger partial charge in [0, 0.05) is 57.9 Å². The van der Waals surface area contributed by atoms with Gasteiger partial charge >= 0.3 is 6.03 Å². The van der Waals surface area contributed by atoms with Crippen LogP contribution in [0.15, 0.2) is 30.3 Å². The van der Waals surface area contributed by atoms with Crippen LogP contribution in [-0.4, -0.2) is 67.6 Å². The van der Waals surface area contributed by atoms with Gasteiger partial charge in [-0.15, -0.1) is 0 Å².